The van der Waals surface area contributed by atoms with Crippen LogP contribution in [0.4, 0.5) is 11.4 Å². The van der Waals surface area contributed by atoms with E-state index in [2.05, 4.69) is 28.2 Å². The molecule has 0 saturated heterocycles. The van der Waals surface area contributed by atoms with E-state index in [1.165, 1.54) is 4.31 Å². The number of carbonyl (C=O) groups is 1. The fraction of sp³-hybridized carbons (Fsp3) is 0.296. The molecule has 0 spiro atoms. The van der Waals surface area contributed by atoms with E-state index in [4.69, 9.17) is 0 Å². The highest BCUT2D eigenvalue weighted by molar-refractivity contribution is 9.10. The molecule has 0 aliphatic carbocycles. The Morgan fingerprint density at radius 1 is 1.09 bits per heavy atom. The first-order valence-electron chi connectivity index (χ1n) is 11.6. The molecule has 1 aliphatic heterocycles. The molecule has 7 heteroatoms. The van der Waals surface area contributed by atoms with Gasteiger partial charge in [0.25, 0.3) is 10.0 Å². The van der Waals surface area contributed by atoms with Crippen LogP contribution in [0.25, 0.3) is 0 Å². The van der Waals surface area contributed by atoms with Gasteiger partial charge in [0, 0.05) is 23.1 Å². The summed E-state index contributed by atoms with van der Waals surface area (Å²) in [7, 11) is -3.63. The van der Waals surface area contributed by atoms with E-state index in [-0.39, 0.29) is 10.8 Å². The molecule has 4 rings (SSSR count). The van der Waals surface area contributed by atoms with Gasteiger partial charge in [-0.2, -0.15) is 0 Å². The maximum atomic E-state index is 13.3. The summed E-state index contributed by atoms with van der Waals surface area (Å²) in [5.41, 5.74) is 5.74. The van der Waals surface area contributed by atoms with Gasteiger partial charge in [-0.05, 0) is 85.2 Å². The monoisotopic (exact) mass is 540 g/mol. The lowest BCUT2D eigenvalue weighted by atomic mass is 10.0. The van der Waals surface area contributed by atoms with E-state index in [1.807, 2.05) is 43.3 Å². The molecule has 1 aliphatic rings. The van der Waals surface area contributed by atoms with Gasteiger partial charge in [-0.25, -0.2) is 8.42 Å². The summed E-state index contributed by atoms with van der Waals surface area (Å²) in [5, 5.41) is 3.05. The number of para-hydroxylation sites is 1. The first kappa shape index (κ1) is 24.5. The summed E-state index contributed by atoms with van der Waals surface area (Å²) < 4.78 is 29.1. The van der Waals surface area contributed by atoms with Crippen molar-refractivity contribution < 1.29 is 13.2 Å². The minimum atomic E-state index is -3.63. The number of aryl methyl sites for hydroxylation is 4. The lowest BCUT2D eigenvalue weighted by molar-refractivity contribution is -0.116. The number of halogens is 1. The van der Waals surface area contributed by atoms with Crippen LogP contribution in [0.2, 0.25) is 0 Å². The molecule has 0 fully saturated rings. The highest BCUT2D eigenvalue weighted by Gasteiger charge is 2.28. The van der Waals surface area contributed by atoms with Gasteiger partial charge in [-0.1, -0.05) is 53.2 Å². The van der Waals surface area contributed by atoms with Crippen LogP contribution in [0.15, 0.2) is 70.0 Å². The molecule has 178 valence electrons. The van der Waals surface area contributed by atoms with Gasteiger partial charge < -0.3 is 5.32 Å². The maximum absolute atomic E-state index is 13.3. The number of hydrogen-bond donors (Lipinski definition) is 1. The Morgan fingerprint density at radius 3 is 2.56 bits per heavy atom. The highest BCUT2D eigenvalue weighted by atomic mass is 79.9. The highest BCUT2D eigenvalue weighted by Crippen LogP contribution is 2.32. The summed E-state index contributed by atoms with van der Waals surface area (Å²) in [6, 6.07) is 18.6. The third-order valence-electron chi connectivity index (χ3n) is 6.25. The van der Waals surface area contributed by atoms with Gasteiger partial charge in [0.05, 0.1) is 10.6 Å². The molecule has 0 bridgehead atoms. The van der Waals surface area contributed by atoms with Crippen LogP contribution in [0.1, 0.15) is 42.0 Å². The molecule has 1 N–H and O–H groups in total. The van der Waals surface area contributed by atoms with E-state index < -0.39 is 10.0 Å². The van der Waals surface area contributed by atoms with Gasteiger partial charge >= 0.3 is 0 Å². The van der Waals surface area contributed by atoms with E-state index >= 15 is 0 Å². The average Bonchev–Trinajstić information content (AvgIpc) is 2.84. The van der Waals surface area contributed by atoms with Crippen molar-refractivity contribution in [2.75, 3.05) is 16.2 Å². The quantitative estimate of drug-likeness (QED) is 0.397. The second kappa shape index (κ2) is 10.3. The molecule has 34 heavy (non-hydrogen) atoms. The number of fused-ring (bicyclic) bond motifs is 1. The smallest absolute Gasteiger partial charge is 0.264 e. The van der Waals surface area contributed by atoms with Gasteiger partial charge in [0.15, 0.2) is 0 Å². The lowest BCUT2D eigenvalue weighted by Crippen LogP contribution is -2.35. The molecule has 1 amide bonds. The molecule has 3 aromatic rings. The number of carbonyl (C=O) groups excluding carboxylic acids is 1. The Bertz CT molecular complexity index is 1300. The Hall–Kier alpha value is -2.64. The van der Waals surface area contributed by atoms with Crippen molar-refractivity contribution in [1.29, 1.82) is 0 Å². The molecule has 0 radical (unpaired) electrons. The first-order valence-corrected chi connectivity index (χ1v) is 13.8. The van der Waals surface area contributed by atoms with E-state index in [1.54, 1.807) is 24.3 Å². The van der Waals surface area contributed by atoms with Crippen LogP contribution in [-0.4, -0.2) is 20.9 Å². The SMILES string of the molecule is CCc1cc(Br)cc(C)c1NC(=O)CCc1ccc(S(=O)(=O)N2CCCc3ccccc32)cc1. The molecule has 3 aromatic carbocycles. The number of anilines is 2. The van der Waals surface area contributed by atoms with Crippen molar-refractivity contribution in [2.45, 2.75) is 50.8 Å². The van der Waals surface area contributed by atoms with Crippen molar-refractivity contribution in [1.82, 2.24) is 0 Å². The van der Waals surface area contributed by atoms with Crippen LogP contribution in [0.5, 0.6) is 0 Å². The Labute approximate surface area is 210 Å². The lowest BCUT2D eigenvalue weighted by Gasteiger charge is -2.30. The Balaban J connectivity index is 1.43. The van der Waals surface area contributed by atoms with Crippen LogP contribution in [0, 0.1) is 6.92 Å². The predicted molar refractivity (Wildman–Crippen MR) is 141 cm³/mol. The molecule has 0 unspecified atom stereocenters. The van der Waals surface area contributed by atoms with Crippen LogP contribution in [0.3, 0.4) is 0 Å². The minimum Gasteiger partial charge on any atom is -0.326 e. The number of sulfonamides is 1. The Kier molecular flexibility index (Phi) is 7.43. The molecular formula is C27H29BrN2O3S. The number of benzene rings is 3. The largest absolute Gasteiger partial charge is 0.326 e. The van der Waals surface area contributed by atoms with E-state index in [0.29, 0.717) is 19.4 Å². The predicted octanol–water partition coefficient (Wildman–Crippen LogP) is 6.03. The second-order valence-electron chi connectivity index (χ2n) is 8.61. The molecular weight excluding hydrogens is 512 g/mol. The molecule has 5 nitrogen and oxygen atoms in total. The average molecular weight is 542 g/mol. The first-order chi connectivity index (χ1) is 16.3. The Morgan fingerprint density at radius 2 is 1.82 bits per heavy atom. The number of nitrogens with one attached hydrogen (secondary N) is 1. The fourth-order valence-electron chi connectivity index (χ4n) is 4.43. The van der Waals surface area contributed by atoms with Crippen molar-refractivity contribution >= 4 is 43.2 Å². The summed E-state index contributed by atoms with van der Waals surface area (Å²) in [6.45, 7) is 4.53. The molecule has 1 heterocycles. The van der Waals surface area contributed by atoms with Gasteiger partial charge in [0.2, 0.25) is 5.91 Å². The molecule has 0 aromatic heterocycles. The third kappa shape index (κ3) is 5.20. The van der Waals surface area contributed by atoms with Gasteiger partial charge in [-0.15, -0.1) is 0 Å². The molecule has 0 atom stereocenters. The maximum Gasteiger partial charge on any atom is 0.264 e. The van der Waals surface area contributed by atoms with Crippen LogP contribution < -0.4 is 9.62 Å². The zero-order chi connectivity index (χ0) is 24.3. The molecule has 0 saturated carbocycles. The standard InChI is InChI=1S/C27H29BrN2O3S/c1-3-21-18-23(28)17-19(2)27(21)29-26(31)15-12-20-10-13-24(14-11-20)34(32,33)30-16-6-8-22-7-4-5-9-25(22)30/h4-5,7,9-11,13-14,17-18H,3,6,8,12,15-16H2,1-2H3,(H,29,31). The third-order valence-corrected chi connectivity index (χ3v) is 8.53. The summed E-state index contributed by atoms with van der Waals surface area (Å²) in [6.07, 6.45) is 3.39. The van der Waals surface area contributed by atoms with Crippen molar-refractivity contribution in [3.05, 3.63) is 87.4 Å². The van der Waals surface area contributed by atoms with E-state index in [9.17, 15) is 13.2 Å². The van der Waals surface area contributed by atoms with Crippen molar-refractivity contribution in [2.24, 2.45) is 0 Å². The zero-order valence-corrected chi connectivity index (χ0v) is 21.9. The van der Waals surface area contributed by atoms with Gasteiger partial charge in [0.1, 0.15) is 0 Å². The van der Waals surface area contributed by atoms with Crippen LogP contribution in [-0.2, 0) is 34.1 Å². The summed E-state index contributed by atoms with van der Waals surface area (Å²) >= 11 is 3.51. The zero-order valence-electron chi connectivity index (χ0n) is 19.5. The number of hydrogen-bond acceptors (Lipinski definition) is 3. The van der Waals surface area contributed by atoms with Crippen LogP contribution >= 0.6 is 15.9 Å². The topological polar surface area (TPSA) is 66.5 Å². The van der Waals surface area contributed by atoms with Gasteiger partial charge in [-0.3, -0.25) is 9.10 Å². The number of rotatable bonds is 7. The van der Waals surface area contributed by atoms with Crippen molar-refractivity contribution in [3.8, 4) is 0 Å². The van der Waals surface area contributed by atoms with Crippen molar-refractivity contribution in [3.63, 3.8) is 0 Å². The number of amides is 1. The number of nitrogens with zero attached hydrogens (tertiary/aromatic N) is 1. The fourth-order valence-corrected chi connectivity index (χ4v) is 6.59. The second-order valence-corrected chi connectivity index (χ2v) is 11.4. The van der Waals surface area contributed by atoms with E-state index in [0.717, 1.165) is 57.4 Å². The summed E-state index contributed by atoms with van der Waals surface area (Å²) in [5.74, 6) is -0.0539. The minimum absolute atomic E-state index is 0.0539. The summed E-state index contributed by atoms with van der Waals surface area (Å²) in [4.78, 5) is 12.9. The normalized spacial score (nSPS) is 13.4.